The lowest BCUT2D eigenvalue weighted by Crippen LogP contribution is -2.41. The lowest BCUT2D eigenvalue weighted by molar-refractivity contribution is 0.0694. The first kappa shape index (κ1) is 17.1. The summed E-state index contributed by atoms with van der Waals surface area (Å²) in [5.74, 6) is -1.22. The van der Waals surface area contributed by atoms with Gasteiger partial charge in [-0.15, -0.1) is 0 Å². The number of nitrogens with zero attached hydrogens (tertiary/aromatic N) is 3. The van der Waals surface area contributed by atoms with Crippen LogP contribution in [0, 0.1) is 0 Å². The van der Waals surface area contributed by atoms with Gasteiger partial charge in [-0.05, 0) is 61.8 Å². The maximum atomic E-state index is 12.5. The minimum Gasteiger partial charge on any atom is -0.477 e. The Balaban J connectivity index is 2.20. The average Bonchev–Trinajstić information content (AvgIpc) is 2.99. The van der Waals surface area contributed by atoms with Gasteiger partial charge in [-0.3, -0.25) is 4.79 Å². The number of fused-ring (bicyclic) bond motifs is 1. The van der Waals surface area contributed by atoms with Crippen LogP contribution in [0.15, 0.2) is 27.7 Å². The molecule has 1 aliphatic heterocycles. The van der Waals surface area contributed by atoms with Gasteiger partial charge in [-0.1, -0.05) is 0 Å². The lowest BCUT2D eigenvalue weighted by atomic mass is 10.0. The molecule has 0 spiro atoms. The topological polar surface area (TPSA) is 75.4 Å². The summed E-state index contributed by atoms with van der Waals surface area (Å²) in [5, 5.41) is 9.73. The van der Waals surface area contributed by atoms with Crippen molar-refractivity contribution in [2.45, 2.75) is 32.2 Å². The number of aromatic carboxylic acids is 1. The fraction of sp³-hybridized carbons (Fsp3) is 0.471. The second-order valence-corrected chi connectivity index (χ2v) is 7.78. The highest BCUT2D eigenvalue weighted by atomic mass is 79.9. The number of carboxylic acids is 1. The van der Waals surface area contributed by atoms with Crippen LogP contribution in [0.1, 0.15) is 37.0 Å². The monoisotopic (exact) mass is 393 g/mol. The van der Waals surface area contributed by atoms with Crippen LogP contribution < -0.4 is 5.43 Å². The van der Waals surface area contributed by atoms with Crippen molar-refractivity contribution < 1.29 is 9.90 Å². The van der Waals surface area contributed by atoms with Gasteiger partial charge < -0.3 is 14.6 Å². The molecule has 0 aliphatic carbocycles. The largest absolute Gasteiger partial charge is 0.477 e. The number of likely N-dealkylation sites (tertiary alicyclic amines) is 1. The zero-order valence-corrected chi connectivity index (χ0v) is 15.3. The molecule has 3 heterocycles. The molecule has 0 aromatic carbocycles. The van der Waals surface area contributed by atoms with Crippen molar-refractivity contribution in [2.24, 2.45) is 0 Å². The Morgan fingerprint density at radius 2 is 2.04 bits per heavy atom. The van der Waals surface area contributed by atoms with E-state index in [4.69, 9.17) is 0 Å². The summed E-state index contributed by atoms with van der Waals surface area (Å²) in [7, 11) is 0. The summed E-state index contributed by atoms with van der Waals surface area (Å²) in [5.41, 5.74) is -0.602. The highest BCUT2D eigenvalue weighted by Crippen LogP contribution is 2.25. The van der Waals surface area contributed by atoms with E-state index in [1.54, 1.807) is 12.3 Å². The first-order chi connectivity index (χ1) is 11.3. The number of rotatable bonds is 4. The predicted molar refractivity (Wildman–Crippen MR) is 95.7 cm³/mol. The van der Waals surface area contributed by atoms with Crippen LogP contribution in [0.5, 0.6) is 0 Å². The molecule has 6 nitrogen and oxygen atoms in total. The van der Waals surface area contributed by atoms with E-state index < -0.39 is 11.4 Å². The standard InChI is InChI=1S/C17H20BrN3O3/c1-17(2,10-20-5-3-4-6-20)21-9-13(16(23)24)14(22)12-7-11(18)8-19-15(12)21/h7-9H,3-6,10H2,1-2H3,(H,23,24). The molecule has 2 aromatic heterocycles. The Kier molecular flexibility index (Phi) is 4.48. The van der Waals surface area contributed by atoms with Crippen LogP contribution in [-0.2, 0) is 5.54 Å². The van der Waals surface area contributed by atoms with Crippen LogP contribution in [0.25, 0.3) is 11.0 Å². The number of aromatic nitrogens is 2. The van der Waals surface area contributed by atoms with E-state index in [-0.39, 0.29) is 11.1 Å². The SMILES string of the molecule is CC(C)(CN1CCCC1)n1cc(C(=O)O)c(=O)c2cc(Br)cnc21. The van der Waals surface area contributed by atoms with Crippen molar-refractivity contribution in [2.75, 3.05) is 19.6 Å². The maximum absolute atomic E-state index is 12.5. The Morgan fingerprint density at radius 1 is 1.38 bits per heavy atom. The number of carboxylic acid groups (broad SMARTS) is 1. The molecule has 0 unspecified atom stereocenters. The number of pyridine rings is 2. The summed E-state index contributed by atoms with van der Waals surface area (Å²) in [6, 6.07) is 1.64. The number of halogens is 1. The van der Waals surface area contributed by atoms with Gasteiger partial charge in [0.1, 0.15) is 11.2 Å². The molecular weight excluding hydrogens is 374 g/mol. The van der Waals surface area contributed by atoms with E-state index in [0.29, 0.717) is 15.5 Å². The van der Waals surface area contributed by atoms with Gasteiger partial charge in [0.15, 0.2) is 0 Å². The Hall–Kier alpha value is -1.73. The highest BCUT2D eigenvalue weighted by molar-refractivity contribution is 9.10. The van der Waals surface area contributed by atoms with Gasteiger partial charge >= 0.3 is 5.97 Å². The summed E-state index contributed by atoms with van der Waals surface area (Å²) in [4.78, 5) is 30.8. The van der Waals surface area contributed by atoms with Crippen LogP contribution in [0.4, 0.5) is 0 Å². The van der Waals surface area contributed by atoms with Gasteiger partial charge in [-0.2, -0.15) is 0 Å². The third-order valence-corrected chi connectivity index (χ3v) is 4.93. The molecule has 0 atom stereocenters. The van der Waals surface area contributed by atoms with Gasteiger partial charge in [-0.25, -0.2) is 9.78 Å². The molecule has 3 rings (SSSR count). The van der Waals surface area contributed by atoms with Crippen molar-refractivity contribution in [1.82, 2.24) is 14.5 Å². The Morgan fingerprint density at radius 3 is 2.67 bits per heavy atom. The molecule has 24 heavy (non-hydrogen) atoms. The van der Waals surface area contributed by atoms with E-state index >= 15 is 0 Å². The summed E-state index contributed by atoms with van der Waals surface area (Å²) >= 11 is 3.31. The second kappa shape index (κ2) is 6.29. The van der Waals surface area contributed by atoms with Gasteiger partial charge in [0.2, 0.25) is 5.43 Å². The fourth-order valence-corrected chi connectivity index (χ4v) is 3.69. The van der Waals surface area contributed by atoms with E-state index in [2.05, 4.69) is 25.8 Å². The number of hydrogen-bond donors (Lipinski definition) is 1. The molecule has 0 bridgehead atoms. The molecule has 0 radical (unpaired) electrons. The molecule has 1 fully saturated rings. The number of carbonyl (C=O) groups is 1. The van der Waals surface area contributed by atoms with Crippen molar-refractivity contribution >= 4 is 32.9 Å². The van der Waals surface area contributed by atoms with Crippen molar-refractivity contribution in [3.8, 4) is 0 Å². The molecule has 0 amide bonds. The fourth-order valence-electron chi connectivity index (χ4n) is 3.36. The molecule has 1 aliphatic rings. The van der Waals surface area contributed by atoms with Crippen molar-refractivity contribution in [1.29, 1.82) is 0 Å². The third-order valence-electron chi connectivity index (χ3n) is 4.50. The van der Waals surface area contributed by atoms with E-state index in [1.807, 2.05) is 18.4 Å². The first-order valence-corrected chi connectivity index (χ1v) is 8.76. The quantitative estimate of drug-likeness (QED) is 0.863. The summed E-state index contributed by atoms with van der Waals surface area (Å²) in [6.45, 7) is 6.97. The van der Waals surface area contributed by atoms with Gasteiger partial charge in [0.05, 0.1) is 10.9 Å². The smallest absolute Gasteiger partial charge is 0.341 e. The highest BCUT2D eigenvalue weighted by Gasteiger charge is 2.28. The minimum absolute atomic E-state index is 0.225. The van der Waals surface area contributed by atoms with Crippen LogP contribution in [0.3, 0.4) is 0 Å². The normalized spacial score (nSPS) is 16.0. The van der Waals surface area contributed by atoms with Crippen LogP contribution in [0.2, 0.25) is 0 Å². The molecule has 0 saturated carbocycles. The van der Waals surface area contributed by atoms with Crippen LogP contribution >= 0.6 is 15.9 Å². The van der Waals surface area contributed by atoms with Crippen molar-refractivity contribution in [3.63, 3.8) is 0 Å². The van der Waals surface area contributed by atoms with Crippen LogP contribution in [-0.4, -0.2) is 45.2 Å². The minimum atomic E-state index is -1.22. The third kappa shape index (κ3) is 3.10. The maximum Gasteiger partial charge on any atom is 0.341 e. The molecule has 1 N–H and O–H groups in total. The lowest BCUT2D eigenvalue weighted by Gasteiger charge is -2.33. The first-order valence-electron chi connectivity index (χ1n) is 7.96. The summed E-state index contributed by atoms with van der Waals surface area (Å²) in [6.07, 6.45) is 5.44. The van der Waals surface area contributed by atoms with Gasteiger partial charge in [0, 0.05) is 23.4 Å². The molecule has 128 valence electrons. The molecular formula is C17H20BrN3O3. The predicted octanol–water partition coefficient (Wildman–Crippen LogP) is 2.69. The summed E-state index contributed by atoms with van der Waals surface area (Å²) < 4.78 is 2.48. The molecule has 2 aromatic rings. The zero-order chi connectivity index (χ0) is 17.5. The van der Waals surface area contributed by atoms with E-state index in [1.165, 1.54) is 19.0 Å². The van der Waals surface area contributed by atoms with Crippen molar-refractivity contribution in [3.05, 3.63) is 38.7 Å². The zero-order valence-electron chi connectivity index (χ0n) is 13.8. The second-order valence-electron chi connectivity index (χ2n) is 6.87. The molecule has 1 saturated heterocycles. The van der Waals surface area contributed by atoms with E-state index in [9.17, 15) is 14.7 Å². The Labute approximate surface area is 148 Å². The number of hydrogen-bond acceptors (Lipinski definition) is 4. The Bertz CT molecular complexity index is 854. The molecule has 7 heteroatoms. The van der Waals surface area contributed by atoms with Gasteiger partial charge in [0.25, 0.3) is 0 Å². The average molecular weight is 394 g/mol. The van der Waals surface area contributed by atoms with E-state index in [0.717, 1.165) is 19.6 Å².